The number of carbonyl (C=O) groups is 1. The summed E-state index contributed by atoms with van der Waals surface area (Å²) in [5.41, 5.74) is -0.00284. The molecule has 1 fully saturated rings. The van der Waals surface area contributed by atoms with Crippen molar-refractivity contribution in [1.29, 1.82) is 0 Å². The molecule has 0 aromatic carbocycles. The third-order valence-electron chi connectivity index (χ3n) is 2.98. The molecule has 5 nitrogen and oxygen atoms in total. The maximum absolute atomic E-state index is 12.0. The Kier molecular flexibility index (Phi) is 4.78. The smallest absolute Gasteiger partial charge is 0.224 e. The second-order valence-electron chi connectivity index (χ2n) is 5.98. The Hall–Kier alpha value is -0.620. The SMILES string of the molecule is CC1CS(=O)(=O)CCN1C(=O)CCNC(C)(C)C. The van der Waals surface area contributed by atoms with E-state index in [1.807, 2.05) is 20.8 Å². The van der Waals surface area contributed by atoms with Gasteiger partial charge in [0.25, 0.3) is 0 Å². The molecule has 1 rings (SSSR count). The van der Waals surface area contributed by atoms with Crippen LogP contribution in [-0.4, -0.2) is 55.4 Å². The molecule has 18 heavy (non-hydrogen) atoms. The molecule has 0 bridgehead atoms. The molecule has 1 heterocycles. The van der Waals surface area contributed by atoms with Gasteiger partial charge in [0.1, 0.15) is 0 Å². The van der Waals surface area contributed by atoms with Crippen LogP contribution in [0.5, 0.6) is 0 Å². The highest BCUT2D eigenvalue weighted by Crippen LogP contribution is 2.12. The highest BCUT2D eigenvalue weighted by molar-refractivity contribution is 7.91. The van der Waals surface area contributed by atoms with Crippen LogP contribution >= 0.6 is 0 Å². The van der Waals surface area contributed by atoms with E-state index in [4.69, 9.17) is 0 Å². The molecule has 1 aliphatic rings. The normalized spacial score (nSPS) is 24.0. The van der Waals surface area contributed by atoms with Gasteiger partial charge >= 0.3 is 0 Å². The largest absolute Gasteiger partial charge is 0.338 e. The van der Waals surface area contributed by atoms with Crippen molar-refractivity contribution in [1.82, 2.24) is 10.2 Å². The lowest BCUT2D eigenvalue weighted by Gasteiger charge is -2.33. The van der Waals surface area contributed by atoms with Gasteiger partial charge in [0, 0.05) is 31.1 Å². The highest BCUT2D eigenvalue weighted by Gasteiger charge is 2.30. The van der Waals surface area contributed by atoms with Crippen LogP contribution in [0.3, 0.4) is 0 Å². The Morgan fingerprint density at radius 1 is 1.39 bits per heavy atom. The van der Waals surface area contributed by atoms with E-state index < -0.39 is 9.84 Å². The van der Waals surface area contributed by atoms with E-state index in [9.17, 15) is 13.2 Å². The van der Waals surface area contributed by atoms with Gasteiger partial charge in [0.15, 0.2) is 9.84 Å². The van der Waals surface area contributed by atoms with Gasteiger partial charge in [0.2, 0.25) is 5.91 Å². The maximum atomic E-state index is 12.0. The van der Waals surface area contributed by atoms with Gasteiger partial charge < -0.3 is 10.2 Å². The van der Waals surface area contributed by atoms with Gasteiger partial charge in [-0.3, -0.25) is 4.79 Å². The van der Waals surface area contributed by atoms with Gasteiger partial charge in [0.05, 0.1) is 11.5 Å². The molecule has 1 saturated heterocycles. The molecule has 0 aromatic heterocycles. The highest BCUT2D eigenvalue weighted by atomic mass is 32.2. The monoisotopic (exact) mass is 276 g/mol. The zero-order chi connectivity index (χ0) is 14.0. The first-order chi connectivity index (χ1) is 8.11. The Morgan fingerprint density at radius 3 is 2.50 bits per heavy atom. The molecule has 1 aliphatic heterocycles. The fourth-order valence-electron chi connectivity index (χ4n) is 2.06. The van der Waals surface area contributed by atoms with E-state index in [2.05, 4.69) is 5.32 Å². The summed E-state index contributed by atoms with van der Waals surface area (Å²) in [7, 11) is -2.95. The van der Waals surface area contributed by atoms with Crippen LogP contribution < -0.4 is 5.32 Å². The van der Waals surface area contributed by atoms with Crippen molar-refractivity contribution >= 4 is 15.7 Å². The quantitative estimate of drug-likeness (QED) is 0.811. The third-order valence-corrected chi connectivity index (χ3v) is 4.78. The second-order valence-corrected chi connectivity index (χ2v) is 8.21. The topological polar surface area (TPSA) is 66.5 Å². The van der Waals surface area contributed by atoms with Crippen molar-refractivity contribution < 1.29 is 13.2 Å². The molecule has 106 valence electrons. The fraction of sp³-hybridized carbons (Fsp3) is 0.917. The van der Waals surface area contributed by atoms with Crippen LogP contribution in [0.15, 0.2) is 0 Å². The summed E-state index contributed by atoms with van der Waals surface area (Å²) in [5.74, 6) is 0.218. The molecule has 0 saturated carbocycles. The summed E-state index contributed by atoms with van der Waals surface area (Å²) >= 11 is 0. The number of carbonyl (C=O) groups excluding carboxylic acids is 1. The number of amides is 1. The van der Waals surface area contributed by atoms with E-state index in [1.54, 1.807) is 11.8 Å². The van der Waals surface area contributed by atoms with E-state index in [0.29, 0.717) is 19.5 Å². The second kappa shape index (κ2) is 5.57. The minimum absolute atomic E-state index is 0.00284. The first kappa shape index (κ1) is 15.4. The predicted molar refractivity (Wildman–Crippen MR) is 72.2 cm³/mol. The zero-order valence-corrected chi connectivity index (χ0v) is 12.5. The summed E-state index contributed by atoms with van der Waals surface area (Å²) in [5, 5.41) is 3.26. The van der Waals surface area contributed by atoms with E-state index in [0.717, 1.165) is 0 Å². The number of nitrogens with one attached hydrogen (secondary N) is 1. The number of nitrogens with zero attached hydrogens (tertiary/aromatic N) is 1. The van der Waals surface area contributed by atoms with Crippen LogP contribution in [0.1, 0.15) is 34.1 Å². The summed E-state index contributed by atoms with van der Waals surface area (Å²) < 4.78 is 22.8. The fourth-order valence-corrected chi connectivity index (χ4v) is 3.61. The minimum atomic E-state index is -2.95. The predicted octanol–water partition coefficient (Wildman–Crippen LogP) is 0.410. The zero-order valence-electron chi connectivity index (χ0n) is 11.7. The number of hydrogen-bond acceptors (Lipinski definition) is 4. The standard InChI is InChI=1S/C12H24N2O3S/c1-10-9-18(16,17)8-7-14(10)11(15)5-6-13-12(2,3)4/h10,13H,5-9H2,1-4H3. The maximum Gasteiger partial charge on any atom is 0.224 e. The van der Waals surface area contributed by atoms with Gasteiger partial charge in [-0.05, 0) is 27.7 Å². The molecular formula is C12H24N2O3S. The molecule has 0 spiro atoms. The lowest BCUT2D eigenvalue weighted by Crippen LogP contribution is -2.50. The summed E-state index contributed by atoms with van der Waals surface area (Å²) in [6.07, 6.45) is 0.418. The Labute approximate surface area is 110 Å². The van der Waals surface area contributed by atoms with Gasteiger partial charge in [-0.1, -0.05) is 0 Å². The molecule has 1 atom stereocenters. The summed E-state index contributed by atoms with van der Waals surface area (Å²) in [6.45, 7) is 8.90. The molecule has 0 aromatic rings. The van der Waals surface area contributed by atoms with E-state index in [-0.39, 0.29) is 29.0 Å². The molecular weight excluding hydrogens is 252 g/mol. The Bertz CT molecular complexity index is 398. The molecule has 1 N–H and O–H groups in total. The molecule has 1 unspecified atom stereocenters. The molecule has 6 heteroatoms. The van der Waals surface area contributed by atoms with Crippen molar-refractivity contribution in [3.8, 4) is 0 Å². The Balaban J connectivity index is 2.44. The molecule has 1 amide bonds. The third kappa shape index (κ3) is 4.94. The summed E-state index contributed by atoms with van der Waals surface area (Å²) in [4.78, 5) is 13.7. The van der Waals surface area contributed by atoms with E-state index >= 15 is 0 Å². The lowest BCUT2D eigenvalue weighted by molar-refractivity contribution is -0.132. The van der Waals surface area contributed by atoms with Crippen molar-refractivity contribution in [3.05, 3.63) is 0 Å². The Morgan fingerprint density at radius 2 is 2.00 bits per heavy atom. The van der Waals surface area contributed by atoms with Crippen LogP contribution in [-0.2, 0) is 14.6 Å². The first-order valence-corrected chi connectivity index (χ1v) is 8.18. The van der Waals surface area contributed by atoms with Gasteiger partial charge in [-0.15, -0.1) is 0 Å². The molecule has 0 radical (unpaired) electrons. The van der Waals surface area contributed by atoms with Crippen LogP contribution in [0.4, 0.5) is 0 Å². The minimum Gasteiger partial charge on any atom is -0.338 e. The molecule has 0 aliphatic carbocycles. The van der Waals surface area contributed by atoms with Crippen LogP contribution in [0, 0.1) is 0 Å². The van der Waals surface area contributed by atoms with E-state index in [1.165, 1.54) is 0 Å². The van der Waals surface area contributed by atoms with Gasteiger partial charge in [-0.25, -0.2) is 8.42 Å². The first-order valence-electron chi connectivity index (χ1n) is 6.36. The number of rotatable bonds is 3. The number of hydrogen-bond donors (Lipinski definition) is 1. The summed E-state index contributed by atoms with van der Waals surface area (Å²) in [6, 6.07) is -0.203. The van der Waals surface area contributed by atoms with Crippen molar-refractivity contribution in [2.45, 2.75) is 45.7 Å². The van der Waals surface area contributed by atoms with Crippen molar-refractivity contribution in [2.75, 3.05) is 24.6 Å². The van der Waals surface area contributed by atoms with Crippen LogP contribution in [0.25, 0.3) is 0 Å². The number of sulfone groups is 1. The average molecular weight is 276 g/mol. The van der Waals surface area contributed by atoms with Gasteiger partial charge in [-0.2, -0.15) is 0 Å². The lowest BCUT2D eigenvalue weighted by atomic mass is 10.1. The average Bonchev–Trinajstić information content (AvgIpc) is 2.13. The van der Waals surface area contributed by atoms with Crippen molar-refractivity contribution in [3.63, 3.8) is 0 Å². The van der Waals surface area contributed by atoms with Crippen LogP contribution in [0.2, 0.25) is 0 Å². The van der Waals surface area contributed by atoms with Crippen molar-refractivity contribution in [2.24, 2.45) is 0 Å².